The molecule has 1 aromatic heterocycles. The Morgan fingerprint density at radius 2 is 1.58 bits per heavy atom. The quantitative estimate of drug-likeness (QED) is 0.816. The minimum atomic E-state index is -3.74. The number of nitrogens with zero attached hydrogens (tertiary/aromatic N) is 4. The number of carbonyl (C=O) groups is 2. The van der Waals surface area contributed by atoms with Gasteiger partial charge in [-0.25, -0.2) is 13.2 Å². The normalized spacial score (nSPS) is 15.6. The van der Waals surface area contributed by atoms with Crippen molar-refractivity contribution in [3.8, 4) is 0 Å². The third kappa shape index (κ3) is 3.55. The van der Waals surface area contributed by atoms with Crippen LogP contribution in [0.15, 0.2) is 47.6 Å². The number of aromatic carboxylic acids is 1. The maximum absolute atomic E-state index is 12.7. The van der Waals surface area contributed by atoms with Gasteiger partial charge in [-0.05, 0) is 30.3 Å². The van der Waals surface area contributed by atoms with Crippen LogP contribution in [0.2, 0.25) is 0 Å². The zero-order valence-electron chi connectivity index (χ0n) is 13.6. The smallest absolute Gasteiger partial charge is 0.335 e. The second kappa shape index (κ2) is 7.18. The number of benzene rings is 1. The van der Waals surface area contributed by atoms with Gasteiger partial charge in [0, 0.05) is 26.2 Å². The van der Waals surface area contributed by atoms with Crippen LogP contribution in [0.4, 0.5) is 0 Å². The van der Waals surface area contributed by atoms with Crippen LogP contribution in [0.3, 0.4) is 0 Å². The molecule has 0 atom stereocenters. The number of amides is 1. The molecule has 2 aromatic rings. The Bertz CT molecular complexity index is 907. The van der Waals surface area contributed by atoms with E-state index >= 15 is 0 Å². The zero-order valence-corrected chi connectivity index (χ0v) is 14.5. The first kappa shape index (κ1) is 18.0. The van der Waals surface area contributed by atoms with E-state index in [1.165, 1.54) is 41.0 Å². The van der Waals surface area contributed by atoms with E-state index in [2.05, 4.69) is 10.2 Å². The number of sulfonamides is 1. The highest BCUT2D eigenvalue weighted by Gasteiger charge is 2.30. The average Bonchev–Trinajstić information content (AvgIpc) is 2.68. The van der Waals surface area contributed by atoms with Gasteiger partial charge >= 0.3 is 5.97 Å². The van der Waals surface area contributed by atoms with Crippen LogP contribution < -0.4 is 0 Å². The van der Waals surface area contributed by atoms with Crippen molar-refractivity contribution in [2.45, 2.75) is 4.90 Å². The molecule has 136 valence electrons. The molecule has 10 heteroatoms. The molecule has 1 aliphatic rings. The molecular formula is C16H16N4O5S. The molecule has 1 N–H and O–H groups in total. The maximum atomic E-state index is 12.7. The van der Waals surface area contributed by atoms with Crippen molar-refractivity contribution in [1.82, 2.24) is 19.4 Å². The summed E-state index contributed by atoms with van der Waals surface area (Å²) in [5, 5.41) is 16.2. The van der Waals surface area contributed by atoms with E-state index in [0.717, 1.165) is 0 Å². The lowest BCUT2D eigenvalue weighted by Gasteiger charge is -2.34. The number of piperazine rings is 1. The average molecular weight is 376 g/mol. The summed E-state index contributed by atoms with van der Waals surface area (Å²) >= 11 is 0. The Kier molecular flexibility index (Phi) is 4.96. The highest BCUT2D eigenvalue weighted by Crippen LogP contribution is 2.19. The van der Waals surface area contributed by atoms with Gasteiger partial charge in [-0.15, -0.1) is 0 Å². The van der Waals surface area contributed by atoms with Crippen LogP contribution in [-0.2, 0) is 10.0 Å². The zero-order chi connectivity index (χ0) is 18.7. The third-order valence-electron chi connectivity index (χ3n) is 4.10. The van der Waals surface area contributed by atoms with Crippen molar-refractivity contribution in [2.24, 2.45) is 0 Å². The van der Waals surface area contributed by atoms with E-state index in [4.69, 9.17) is 5.11 Å². The van der Waals surface area contributed by atoms with Crippen LogP contribution in [0.1, 0.15) is 20.7 Å². The topological polar surface area (TPSA) is 121 Å². The molecule has 0 aliphatic carbocycles. The Hall–Kier alpha value is -2.85. The minimum absolute atomic E-state index is 0.0188. The highest BCUT2D eigenvalue weighted by atomic mass is 32.2. The molecule has 2 heterocycles. The summed E-state index contributed by atoms with van der Waals surface area (Å²) in [5.41, 5.74) is 0.422. The molecule has 0 bridgehead atoms. The molecule has 1 aromatic carbocycles. The fraction of sp³-hybridized carbons (Fsp3) is 0.250. The van der Waals surface area contributed by atoms with E-state index in [9.17, 15) is 18.0 Å². The summed E-state index contributed by atoms with van der Waals surface area (Å²) in [5.74, 6) is -1.34. The highest BCUT2D eigenvalue weighted by molar-refractivity contribution is 7.89. The van der Waals surface area contributed by atoms with Crippen molar-refractivity contribution < 1.29 is 23.1 Å². The van der Waals surface area contributed by atoms with E-state index in [1.807, 2.05) is 0 Å². The van der Waals surface area contributed by atoms with Crippen LogP contribution in [0.5, 0.6) is 0 Å². The molecule has 1 fully saturated rings. The lowest BCUT2D eigenvalue weighted by molar-refractivity contribution is 0.0689. The molecule has 9 nitrogen and oxygen atoms in total. The molecule has 0 radical (unpaired) electrons. The molecule has 0 spiro atoms. The fourth-order valence-corrected chi connectivity index (χ4v) is 4.07. The number of aromatic nitrogens is 2. The Balaban J connectivity index is 1.68. The van der Waals surface area contributed by atoms with Crippen molar-refractivity contribution in [3.05, 3.63) is 53.9 Å². The van der Waals surface area contributed by atoms with Crippen LogP contribution in [-0.4, -0.2) is 71.0 Å². The van der Waals surface area contributed by atoms with Gasteiger partial charge in [0.25, 0.3) is 5.91 Å². The molecule has 0 unspecified atom stereocenters. The van der Waals surface area contributed by atoms with Gasteiger partial charge in [-0.1, -0.05) is 0 Å². The van der Waals surface area contributed by atoms with Gasteiger partial charge in [0.2, 0.25) is 10.0 Å². The predicted octanol–water partition coefficient (Wildman–Crippen LogP) is 0.321. The number of hydrogen-bond donors (Lipinski definition) is 1. The van der Waals surface area contributed by atoms with Crippen molar-refractivity contribution in [2.75, 3.05) is 26.2 Å². The largest absolute Gasteiger partial charge is 0.478 e. The lowest BCUT2D eigenvalue weighted by atomic mass is 10.2. The lowest BCUT2D eigenvalue weighted by Crippen LogP contribution is -2.50. The van der Waals surface area contributed by atoms with Gasteiger partial charge in [-0.2, -0.15) is 14.5 Å². The monoisotopic (exact) mass is 376 g/mol. The van der Waals surface area contributed by atoms with E-state index in [0.29, 0.717) is 5.56 Å². The van der Waals surface area contributed by atoms with Gasteiger partial charge in [0.1, 0.15) is 0 Å². The molecule has 3 rings (SSSR count). The van der Waals surface area contributed by atoms with E-state index < -0.39 is 16.0 Å². The van der Waals surface area contributed by atoms with Gasteiger partial charge < -0.3 is 10.0 Å². The fourth-order valence-electron chi connectivity index (χ4n) is 2.65. The van der Waals surface area contributed by atoms with E-state index in [-0.39, 0.29) is 42.5 Å². The predicted molar refractivity (Wildman–Crippen MR) is 90.1 cm³/mol. The second-order valence-corrected chi connectivity index (χ2v) is 7.59. The first-order valence-corrected chi connectivity index (χ1v) is 9.23. The third-order valence-corrected chi connectivity index (χ3v) is 6.01. The Morgan fingerprint density at radius 3 is 2.12 bits per heavy atom. The number of hydrogen-bond acceptors (Lipinski definition) is 6. The number of carboxylic acid groups (broad SMARTS) is 1. The number of carboxylic acids is 1. The van der Waals surface area contributed by atoms with Gasteiger partial charge in [-0.3, -0.25) is 4.79 Å². The van der Waals surface area contributed by atoms with E-state index in [1.54, 1.807) is 11.0 Å². The van der Waals surface area contributed by atoms with Crippen LogP contribution in [0, 0.1) is 0 Å². The standard InChI is InChI=1S/C16H16N4O5S/c21-15(13-5-6-17-18-11-13)19-7-9-20(10-8-19)26(24,25)14-3-1-12(2-4-14)16(22)23/h1-6,11H,7-10H2,(H,22,23). The molecule has 1 aliphatic heterocycles. The Morgan fingerprint density at radius 1 is 0.923 bits per heavy atom. The summed E-state index contributed by atoms with van der Waals surface area (Å²) < 4.78 is 26.6. The molecule has 1 amide bonds. The van der Waals surface area contributed by atoms with Crippen LogP contribution in [0.25, 0.3) is 0 Å². The number of rotatable bonds is 4. The Labute approximate surface area is 149 Å². The van der Waals surface area contributed by atoms with Crippen molar-refractivity contribution >= 4 is 21.9 Å². The first-order valence-electron chi connectivity index (χ1n) is 7.79. The number of carbonyl (C=O) groups excluding carboxylic acids is 1. The second-order valence-electron chi connectivity index (χ2n) is 5.66. The van der Waals surface area contributed by atoms with Gasteiger partial charge in [0.05, 0.1) is 28.4 Å². The molecule has 26 heavy (non-hydrogen) atoms. The summed E-state index contributed by atoms with van der Waals surface area (Å²) in [6, 6.07) is 6.62. The summed E-state index contributed by atoms with van der Waals surface area (Å²) in [6.07, 6.45) is 2.80. The van der Waals surface area contributed by atoms with Gasteiger partial charge in [0.15, 0.2) is 0 Å². The van der Waals surface area contributed by atoms with Crippen molar-refractivity contribution in [1.29, 1.82) is 0 Å². The molecular weight excluding hydrogens is 360 g/mol. The minimum Gasteiger partial charge on any atom is -0.478 e. The molecule has 0 saturated carbocycles. The SMILES string of the molecule is O=C(O)c1ccc(S(=O)(=O)N2CCN(C(=O)c3ccnnc3)CC2)cc1. The van der Waals surface area contributed by atoms with Crippen LogP contribution >= 0.6 is 0 Å². The summed E-state index contributed by atoms with van der Waals surface area (Å²) in [4.78, 5) is 24.8. The molecule has 1 saturated heterocycles. The van der Waals surface area contributed by atoms with Crippen molar-refractivity contribution in [3.63, 3.8) is 0 Å². The summed E-state index contributed by atoms with van der Waals surface area (Å²) in [7, 11) is -3.74. The first-order chi connectivity index (χ1) is 12.4. The summed E-state index contributed by atoms with van der Waals surface area (Å²) in [6.45, 7) is 0.835. The maximum Gasteiger partial charge on any atom is 0.335 e.